The first kappa shape index (κ1) is 15.5. The summed E-state index contributed by atoms with van der Waals surface area (Å²) in [5.41, 5.74) is 0.356. The molecule has 2 saturated heterocycles. The van der Waals surface area contributed by atoms with Gasteiger partial charge in [0.2, 0.25) is 0 Å². The van der Waals surface area contributed by atoms with Crippen LogP contribution < -0.4 is 0 Å². The van der Waals surface area contributed by atoms with E-state index in [4.69, 9.17) is 16.3 Å². The summed E-state index contributed by atoms with van der Waals surface area (Å²) in [6.07, 6.45) is 0.444. The average Bonchev–Trinajstić information content (AvgIpc) is 3.15. The number of halogens is 1. The molecule has 0 radical (unpaired) electrons. The molecule has 1 amide bonds. The lowest BCUT2D eigenvalue weighted by molar-refractivity contribution is -0.157. The summed E-state index contributed by atoms with van der Waals surface area (Å²) in [4.78, 5) is 29.4. The SMILES string of the molecule is O=C(c1cc2ccc(Cl)cc2[nH]1)N1C[C@H]2COCC[C@@]2(C(=O)O)C1. The largest absolute Gasteiger partial charge is 0.481 e. The third kappa shape index (κ3) is 2.29. The molecule has 6 nitrogen and oxygen atoms in total. The van der Waals surface area contributed by atoms with Crippen molar-refractivity contribution < 1.29 is 19.4 Å². The fourth-order valence-electron chi connectivity index (χ4n) is 3.84. The van der Waals surface area contributed by atoms with Gasteiger partial charge >= 0.3 is 5.97 Å². The number of rotatable bonds is 2. The van der Waals surface area contributed by atoms with Crippen molar-refractivity contribution in [2.75, 3.05) is 26.3 Å². The van der Waals surface area contributed by atoms with Gasteiger partial charge in [-0.1, -0.05) is 17.7 Å². The number of hydrogen-bond donors (Lipinski definition) is 2. The van der Waals surface area contributed by atoms with Crippen LogP contribution in [0.2, 0.25) is 5.02 Å². The van der Waals surface area contributed by atoms with Gasteiger partial charge in [0, 0.05) is 41.5 Å². The van der Waals surface area contributed by atoms with E-state index in [0.717, 1.165) is 10.9 Å². The van der Waals surface area contributed by atoms with E-state index in [1.54, 1.807) is 23.1 Å². The standard InChI is InChI=1S/C17H17ClN2O4/c18-12-2-1-10-5-14(19-13(10)6-12)15(21)20-7-11-8-24-4-3-17(11,9-20)16(22)23/h1-2,5-6,11,19H,3-4,7-9H2,(H,22,23)/t11-,17+/m0/s1. The molecule has 1 aromatic heterocycles. The molecule has 24 heavy (non-hydrogen) atoms. The average molecular weight is 349 g/mol. The minimum absolute atomic E-state index is 0.161. The molecule has 0 saturated carbocycles. The second-order valence-corrected chi connectivity index (χ2v) is 7.02. The summed E-state index contributed by atoms with van der Waals surface area (Å²) in [7, 11) is 0. The number of carbonyl (C=O) groups excluding carboxylic acids is 1. The predicted molar refractivity (Wildman–Crippen MR) is 88.2 cm³/mol. The van der Waals surface area contributed by atoms with Crippen molar-refractivity contribution in [1.82, 2.24) is 9.88 Å². The lowest BCUT2D eigenvalue weighted by atomic mass is 9.74. The van der Waals surface area contributed by atoms with Gasteiger partial charge in [0.05, 0.1) is 12.0 Å². The fraction of sp³-hybridized carbons (Fsp3) is 0.412. The first-order valence-corrected chi connectivity index (χ1v) is 8.26. The lowest BCUT2D eigenvalue weighted by Gasteiger charge is -2.33. The predicted octanol–water partition coefficient (Wildman–Crippen LogP) is 2.38. The number of carbonyl (C=O) groups is 2. The number of hydrogen-bond acceptors (Lipinski definition) is 3. The maximum absolute atomic E-state index is 12.8. The van der Waals surface area contributed by atoms with Crippen LogP contribution in [0.1, 0.15) is 16.9 Å². The van der Waals surface area contributed by atoms with Crippen LogP contribution in [0.4, 0.5) is 0 Å². The van der Waals surface area contributed by atoms with E-state index in [1.165, 1.54) is 0 Å². The Morgan fingerprint density at radius 3 is 2.96 bits per heavy atom. The lowest BCUT2D eigenvalue weighted by Crippen LogP contribution is -2.45. The van der Waals surface area contributed by atoms with Crippen molar-refractivity contribution in [2.24, 2.45) is 11.3 Å². The van der Waals surface area contributed by atoms with Crippen LogP contribution in [0.5, 0.6) is 0 Å². The van der Waals surface area contributed by atoms with Gasteiger partial charge in [0.25, 0.3) is 5.91 Å². The molecule has 1 aromatic carbocycles. The summed E-state index contributed by atoms with van der Waals surface area (Å²) >= 11 is 5.98. The second kappa shape index (κ2) is 5.50. The normalized spacial score (nSPS) is 26.5. The molecule has 2 aliphatic rings. The van der Waals surface area contributed by atoms with E-state index in [-0.39, 0.29) is 18.4 Å². The molecule has 0 bridgehead atoms. The van der Waals surface area contributed by atoms with Gasteiger partial charge in [-0.25, -0.2) is 0 Å². The number of carboxylic acids is 1. The number of aliphatic carboxylic acids is 1. The van der Waals surface area contributed by atoms with Crippen LogP contribution in [0.15, 0.2) is 24.3 Å². The molecular weight excluding hydrogens is 332 g/mol. The molecule has 2 atom stereocenters. The van der Waals surface area contributed by atoms with E-state index >= 15 is 0 Å². The van der Waals surface area contributed by atoms with E-state index in [1.807, 2.05) is 6.07 Å². The molecule has 7 heteroatoms. The third-order valence-corrected chi connectivity index (χ3v) is 5.47. The zero-order chi connectivity index (χ0) is 16.9. The number of carboxylic acid groups (broad SMARTS) is 1. The Kier molecular flexibility index (Phi) is 3.54. The second-order valence-electron chi connectivity index (χ2n) is 6.58. The Balaban J connectivity index is 1.63. The van der Waals surface area contributed by atoms with Crippen LogP contribution in [0.25, 0.3) is 10.9 Å². The summed E-state index contributed by atoms with van der Waals surface area (Å²) in [6.45, 7) is 1.45. The van der Waals surface area contributed by atoms with Gasteiger partial charge < -0.3 is 19.7 Å². The molecule has 2 aliphatic heterocycles. The van der Waals surface area contributed by atoms with Gasteiger partial charge in [-0.2, -0.15) is 0 Å². The summed E-state index contributed by atoms with van der Waals surface area (Å²) in [5, 5.41) is 11.2. The van der Waals surface area contributed by atoms with E-state index < -0.39 is 11.4 Å². The van der Waals surface area contributed by atoms with Crippen molar-refractivity contribution in [3.05, 3.63) is 35.0 Å². The number of likely N-dealkylation sites (tertiary alicyclic amines) is 1. The van der Waals surface area contributed by atoms with Crippen LogP contribution in [-0.4, -0.2) is 53.2 Å². The molecule has 0 unspecified atom stereocenters. The van der Waals surface area contributed by atoms with Gasteiger partial charge in [-0.15, -0.1) is 0 Å². The number of nitrogens with one attached hydrogen (secondary N) is 1. The highest BCUT2D eigenvalue weighted by atomic mass is 35.5. The number of fused-ring (bicyclic) bond motifs is 2. The van der Waals surface area contributed by atoms with Crippen LogP contribution in [0.3, 0.4) is 0 Å². The van der Waals surface area contributed by atoms with Crippen LogP contribution in [-0.2, 0) is 9.53 Å². The first-order valence-electron chi connectivity index (χ1n) is 7.88. The molecule has 2 N–H and O–H groups in total. The number of nitrogens with zero attached hydrogens (tertiary/aromatic N) is 1. The van der Waals surface area contributed by atoms with Crippen molar-refractivity contribution in [3.8, 4) is 0 Å². The summed E-state index contributed by atoms with van der Waals surface area (Å²) in [5.74, 6) is -1.18. The van der Waals surface area contributed by atoms with Crippen molar-refractivity contribution in [2.45, 2.75) is 6.42 Å². The molecule has 2 fully saturated rings. The Morgan fingerprint density at radius 2 is 2.21 bits per heavy atom. The van der Waals surface area contributed by atoms with Gasteiger partial charge in [-0.05, 0) is 24.6 Å². The number of ether oxygens (including phenoxy) is 1. The highest BCUT2D eigenvalue weighted by Gasteiger charge is 2.55. The molecule has 4 rings (SSSR count). The molecule has 2 aromatic rings. The number of H-pyrrole nitrogens is 1. The molecule has 3 heterocycles. The highest BCUT2D eigenvalue weighted by Crippen LogP contribution is 2.42. The monoisotopic (exact) mass is 348 g/mol. The minimum atomic E-state index is -0.886. The molecule has 126 valence electrons. The number of amides is 1. The van der Waals surface area contributed by atoms with E-state index in [9.17, 15) is 14.7 Å². The van der Waals surface area contributed by atoms with Crippen LogP contribution >= 0.6 is 11.6 Å². The van der Waals surface area contributed by atoms with E-state index in [0.29, 0.717) is 36.9 Å². The third-order valence-electron chi connectivity index (χ3n) is 5.23. The Labute approximate surface area is 143 Å². The maximum atomic E-state index is 12.8. The summed E-state index contributed by atoms with van der Waals surface area (Å²) in [6, 6.07) is 7.17. The van der Waals surface area contributed by atoms with Crippen LogP contribution in [0, 0.1) is 11.3 Å². The molecule has 0 aliphatic carbocycles. The zero-order valence-electron chi connectivity index (χ0n) is 12.9. The first-order chi connectivity index (χ1) is 11.5. The van der Waals surface area contributed by atoms with Gasteiger partial charge in [0.1, 0.15) is 5.69 Å². The number of aromatic amines is 1. The van der Waals surface area contributed by atoms with Crippen molar-refractivity contribution >= 4 is 34.4 Å². The Bertz CT molecular complexity index is 833. The highest BCUT2D eigenvalue weighted by molar-refractivity contribution is 6.31. The van der Waals surface area contributed by atoms with E-state index in [2.05, 4.69) is 4.98 Å². The smallest absolute Gasteiger partial charge is 0.311 e. The maximum Gasteiger partial charge on any atom is 0.311 e. The van der Waals surface area contributed by atoms with Gasteiger partial charge in [0.15, 0.2) is 0 Å². The quantitative estimate of drug-likeness (QED) is 0.873. The summed E-state index contributed by atoms with van der Waals surface area (Å²) < 4.78 is 5.43. The topological polar surface area (TPSA) is 82.6 Å². The zero-order valence-corrected chi connectivity index (χ0v) is 13.7. The fourth-order valence-corrected chi connectivity index (χ4v) is 4.01. The number of benzene rings is 1. The molecule has 0 spiro atoms. The van der Waals surface area contributed by atoms with Crippen molar-refractivity contribution in [1.29, 1.82) is 0 Å². The van der Waals surface area contributed by atoms with Gasteiger partial charge in [-0.3, -0.25) is 9.59 Å². The Hall–Kier alpha value is -2.05. The number of aromatic nitrogens is 1. The Morgan fingerprint density at radius 1 is 1.38 bits per heavy atom. The molecular formula is C17H17ClN2O4. The van der Waals surface area contributed by atoms with Crippen molar-refractivity contribution in [3.63, 3.8) is 0 Å². The minimum Gasteiger partial charge on any atom is -0.481 e.